The number of aliphatic imine (C=N–C) groups is 1. The number of nitrogens with one attached hydrogen (secondary N) is 1. The minimum atomic E-state index is 0. The van der Waals surface area contributed by atoms with Crippen LogP contribution in [0.3, 0.4) is 0 Å². The topological polar surface area (TPSA) is 62.8 Å². The number of nitrogens with zero attached hydrogens (tertiary/aromatic N) is 2. The highest BCUT2D eigenvalue weighted by Gasteiger charge is 2.00. The van der Waals surface area contributed by atoms with Crippen molar-refractivity contribution in [1.82, 2.24) is 5.43 Å². The fourth-order valence-corrected chi connectivity index (χ4v) is 2.16. The van der Waals surface area contributed by atoms with Crippen LogP contribution >= 0.6 is 35.6 Å². The van der Waals surface area contributed by atoms with E-state index in [2.05, 4.69) is 15.5 Å². The van der Waals surface area contributed by atoms with Crippen molar-refractivity contribution in [2.24, 2.45) is 15.8 Å². The molecule has 3 N–H and O–H groups in total. The molecule has 0 spiro atoms. The predicted molar refractivity (Wildman–Crippen MR) is 111 cm³/mol. The molecule has 4 nitrogen and oxygen atoms in total. The van der Waals surface area contributed by atoms with Crippen molar-refractivity contribution < 1.29 is 0 Å². The Bertz CT molecular complexity index is 799. The van der Waals surface area contributed by atoms with Gasteiger partial charge in [-0.15, -0.1) is 12.4 Å². The van der Waals surface area contributed by atoms with E-state index < -0.39 is 0 Å². The van der Waals surface area contributed by atoms with Gasteiger partial charge in [0.2, 0.25) is 5.96 Å². The molecule has 132 valence electrons. The molecule has 0 fully saturated rings. The first-order valence-electron chi connectivity index (χ1n) is 7.29. The van der Waals surface area contributed by atoms with E-state index in [1.54, 1.807) is 12.1 Å². The molecule has 7 heteroatoms. The molecule has 0 saturated carbocycles. The average Bonchev–Trinajstić information content (AvgIpc) is 2.57. The molecule has 0 amide bonds. The first-order chi connectivity index (χ1) is 11.5. The van der Waals surface area contributed by atoms with E-state index >= 15 is 0 Å². The summed E-state index contributed by atoms with van der Waals surface area (Å²) in [5, 5.41) is 5.29. The molecule has 2 aromatic carbocycles. The van der Waals surface area contributed by atoms with E-state index in [1.807, 2.05) is 56.3 Å². The van der Waals surface area contributed by atoms with Crippen molar-refractivity contribution in [3.05, 3.63) is 69.7 Å². The van der Waals surface area contributed by atoms with E-state index in [-0.39, 0.29) is 18.4 Å². The Hall–Kier alpha value is -2.01. The molecule has 25 heavy (non-hydrogen) atoms. The third kappa shape index (κ3) is 6.78. The summed E-state index contributed by atoms with van der Waals surface area (Å²) in [6, 6.07) is 14.9. The fourth-order valence-electron chi connectivity index (χ4n) is 1.85. The van der Waals surface area contributed by atoms with Gasteiger partial charge in [0.15, 0.2) is 0 Å². The van der Waals surface area contributed by atoms with Gasteiger partial charge in [-0.2, -0.15) is 5.10 Å². The van der Waals surface area contributed by atoms with Crippen molar-refractivity contribution >= 4 is 59.0 Å². The van der Waals surface area contributed by atoms with E-state index in [0.29, 0.717) is 10.0 Å². The lowest BCUT2D eigenvalue weighted by Gasteiger charge is -2.04. The normalized spacial score (nSPS) is 12.6. The van der Waals surface area contributed by atoms with Crippen LogP contribution in [0.4, 0.5) is 5.69 Å². The highest BCUT2D eigenvalue weighted by atomic mass is 35.5. The number of allylic oxidation sites excluding steroid dienone is 1. The van der Waals surface area contributed by atoms with Gasteiger partial charge in [0.25, 0.3) is 0 Å². The second-order valence-corrected chi connectivity index (χ2v) is 5.96. The van der Waals surface area contributed by atoms with E-state index in [4.69, 9.17) is 28.9 Å². The number of guanidine groups is 1. The molecule has 0 saturated heterocycles. The van der Waals surface area contributed by atoms with Crippen LogP contribution in [0.2, 0.25) is 10.0 Å². The minimum absolute atomic E-state index is 0. The number of benzene rings is 2. The van der Waals surface area contributed by atoms with Gasteiger partial charge in [-0.25, -0.2) is 10.4 Å². The maximum Gasteiger partial charge on any atom is 0.214 e. The number of nitrogens with two attached hydrogens (primary N) is 1. The molecule has 0 aliphatic carbocycles. The van der Waals surface area contributed by atoms with E-state index in [9.17, 15) is 0 Å². The number of halogens is 3. The maximum absolute atomic E-state index is 6.02. The Labute approximate surface area is 163 Å². The van der Waals surface area contributed by atoms with Crippen LogP contribution in [0.5, 0.6) is 0 Å². The lowest BCUT2D eigenvalue weighted by Crippen LogP contribution is -2.27. The van der Waals surface area contributed by atoms with Gasteiger partial charge in [0, 0.05) is 0 Å². The molecule has 0 heterocycles. The number of hydrazone groups is 1. The average molecular weight is 398 g/mol. The maximum atomic E-state index is 6.02. The van der Waals surface area contributed by atoms with Crippen LogP contribution in [-0.4, -0.2) is 11.7 Å². The van der Waals surface area contributed by atoms with Gasteiger partial charge in [-0.1, -0.05) is 53.5 Å². The third-order valence-electron chi connectivity index (χ3n) is 3.24. The summed E-state index contributed by atoms with van der Waals surface area (Å²) in [7, 11) is 0. The molecule has 0 unspecified atom stereocenters. The lowest BCUT2D eigenvalue weighted by atomic mass is 10.1. The Morgan fingerprint density at radius 3 is 2.36 bits per heavy atom. The third-order valence-corrected chi connectivity index (χ3v) is 3.98. The van der Waals surface area contributed by atoms with Gasteiger partial charge in [0.05, 0.1) is 21.4 Å². The summed E-state index contributed by atoms with van der Waals surface area (Å²) in [5.74, 6) is 0.225. The monoisotopic (exact) mass is 396 g/mol. The lowest BCUT2D eigenvalue weighted by molar-refractivity contribution is 1.00. The smallest absolute Gasteiger partial charge is 0.214 e. The number of rotatable bonds is 4. The van der Waals surface area contributed by atoms with E-state index in [0.717, 1.165) is 22.5 Å². The SMILES string of the molecule is CC(=Cc1ccc(Cl)c(Cl)c1)C(C)=NNC(N)=Nc1ccccc1.Cl. The van der Waals surface area contributed by atoms with Crippen LogP contribution in [0.1, 0.15) is 19.4 Å². The van der Waals surface area contributed by atoms with Crippen molar-refractivity contribution in [2.75, 3.05) is 0 Å². The van der Waals surface area contributed by atoms with Crippen molar-refractivity contribution in [2.45, 2.75) is 13.8 Å². The Balaban J connectivity index is 0.00000312. The predicted octanol–water partition coefficient (Wildman–Crippen LogP) is 5.43. The van der Waals surface area contributed by atoms with Gasteiger partial charge < -0.3 is 5.73 Å². The fraction of sp³-hybridized carbons (Fsp3) is 0.111. The number of hydrogen-bond donors (Lipinski definition) is 2. The summed E-state index contributed by atoms with van der Waals surface area (Å²) >= 11 is 11.9. The van der Waals surface area contributed by atoms with Crippen molar-refractivity contribution in [3.63, 3.8) is 0 Å². The van der Waals surface area contributed by atoms with Gasteiger partial charge in [-0.05, 0) is 49.2 Å². The van der Waals surface area contributed by atoms with Gasteiger partial charge >= 0.3 is 0 Å². The summed E-state index contributed by atoms with van der Waals surface area (Å²) in [4.78, 5) is 4.22. The molecule has 0 aromatic heterocycles. The minimum Gasteiger partial charge on any atom is -0.368 e. The molecule has 0 bridgehead atoms. The molecule has 2 rings (SSSR count). The van der Waals surface area contributed by atoms with Gasteiger partial charge in [0.1, 0.15) is 0 Å². The Morgan fingerprint density at radius 2 is 1.72 bits per heavy atom. The first-order valence-corrected chi connectivity index (χ1v) is 8.04. The zero-order chi connectivity index (χ0) is 17.5. The zero-order valence-corrected chi connectivity index (χ0v) is 16.2. The summed E-state index contributed by atoms with van der Waals surface area (Å²) in [6.45, 7) is 3.83. The summed E-state index contributed by atoms with van der Waals surface area (Å²) in [6.07, 6.45) is 1.97. The molecule has 2 aromatic rings. The van der Waals surface area contributed by atoms with Gasteiger partial charge in [-0.3, -0.25) is 0 Å². The highest BCUT2D eigenvalue weighted by molar-refractivity contribution is 6.42. The Morgan fingerprint density at radius 1 is 1.04 bits per heavy atom. The van der Waals surface area contributed by atoms with E-state index in [1.165, 1.54) is 0 Å². The molecule has 0 atom stereocenters. The second-order valence-electron chi connectivity index (χ2n) is 5.14. The van der Waals surface area contributed by atoms with Crippen LogP contribution in [-0.2, 0) is 0 Å². The van der Waals surface area contributed by atoms with Crippen LogP contribution in [0, 0.1) is 0 Å². The molecular formula is C18H19Cl3N4. The standard InChI is InChI=1S/C18H18Cl2N4.ClH/c1-12(10-14-8-9-16(19)17(20)11-14)13(2)23-24-18(21)22-15-6-4-3-5-7-15;/h3-11H,1-2H3,(H3,21,22,24);1H. The highest BCUT2D eigenvalue weighted by Crippen LogP contribution is 2.23. The van der Waals surface area contributed by atoms with Crippen molar-refractivity contribution in [1.29, 1.82) is 0 Å². The van der Waals surface area contributed by atoms with Crippen LogP contribution in [0.25, 0.3) is 6.08 Å². The first kappa shape index (κ1) is 21.0. The number of para-hydroxylation sites is 1. The second kappa shape index (κ2) is 10.1. The summed E-state index contributed by atoms with van der Waals surface area (Å²) < 4.78 is 0. The Kier molecular flexibility index (Phi) is 8.49. The van der Waals surface area contributed by atoms with Crippen molar-refractivity contribution in [3.8, 4) is 0 Å². The number of hydrogen-bond acceptors (Lipinski definition) is 2. The summed E-state index contributed by atoms with van der Waals surface area (Å²) in [5.41, 5.74) is 12.0. The van der Waals surface area contributed by atoms with Crippen LogP contribution < -0.4 is 11.2 Å². The molecule has 0 aliphatic rings. The molecular weight excluding hydrogens is 379 g/mol. The molecule has 0 aliphatic heterocycles. The quantitative estimate of drug-likeness (QED) is 0.410. The zero-order valence-electron chi connectivity index (χ0n) is 13.8. The molecule has 0 radical (unpaired) electrons. The largest absolute Gasteiger partial charge is 0.368 e. The van der Waals surface area contributed by atoms with Crippen LogP contribution in [0.15, 0.2) is 64.2 Å².